The zero-order valence-corrected chi connectivity index (χ0v) is 11.7. The van der Waals surface area contributed by atoms with Gasteiger partial charge in [-0.3, -0.25) is 4.79 Å². The van der Waals surface area contributed by atoms with Crippen molar-refractivity contribution >= 4 is 5.91 Å². The van der Waals surface area contributed by atoms with Gasteiger partial charge in [0.2, 0.25) is 0 Å². The SMILES string of the molecule is CCCn1cccc1C(=O)N(CCCO)C1CCC1. The molecule has 0 bridgehead atoms. The highest BCUT2D eigenvalue weighted by Gasteiger charge is 2.29. The predicted molar refractivity (Wildman–Crippen MR) is 75.1 cm³/mol. The molecular weight excluding hydrogens is 240 g/mol. The van der Waals surface area contributed by atoms with E-state index in [9.17, 15) is 4.79 Å². The highest BCUT2D eigenvalue weighted by atomic mass is 16.3. The number of amides is 1. The normalized spacial score (nSPS) is 15.3. The van der Waals surface area contributed by atoms with E-state index in [1.165, 1.54) is 6.42 Å². The molecule has 1 saturated carbocycles. The number of nitrogens with zero attached hydrogens (tertiary/aromatic N) is 2. The van der Waals surface area contributed by atoms with Crippen LogP contribution in [0.1, 0.15) is 49.5 Å². The van der Waals surface area contributed by atoms with E-state index >= 15 is 0 Å². The minimum absolute atomic E-state index is 0.122. The van der Waals surface area contributed by atoms with Crippen LogP contribution in [0.3, 0.4) is 0 Å². The minimum atomic E-state index is 0.122. The summed E-state index contributed by atoms with van der Waals surface area (Å²) in [6.45, 7) is 3.81. The quantitative estimate of drug-likeness (QED) is 0.821. The third-order valence-electron chi connectivity index (χ3n) is 3.85. The zero-order valence-electron chi connectivity index (χ0n) is 11.7. The highest BCUT2D eigenvalue weighted by molar-refractivity contribution is 5.93. The Morgan fingerprint density at radius 1 is 1.53 bits per heavy atom. The van der Waals surface area contributed by atoms with E-state index in [1.54, 1.807) is 0 Å². The van der Waals surface area contributed by atoms with Crippen molar-refractivity contribution in [2.45, 2.75) is 51.6 Å². The lowest BCUT2D eigenvalue weighted by Gasteiger charge is -2.37. The van der Waals surface area contributed by atoms with Gasteiger partial charge in [-0.05, 0) is 44.2 Å². The van der Waals surface area contributed by atoms with E-state index in [0.29, 0.717) is 19.0 Å². The third kappa shape index (κ3) is 3.18. The first-order valence-corrected chi connectivity index (χ1v) is 7.35. The maximum absolute atomic E-state index is 12.7. The van der Waals surface area contributed by atoms with Gasteiger partial charge in [0, 0.05) is 31.9 Å². The number of aromatic nitrogens is 1. The van der Waals surface area contributed by atoms with E-state index < -0.39 is 0 Å². The number of aliphatic hydroxyl groups excluding tert-OH is 1. The molecule has 0 aliphatic heterocycles. The van der Waals surface area contributed by atoms with Gasteiger partial charge in [-0.1, -0.05) is 6.92 Å². The van der Waals surface area contributed by atoms with E-state index in [4.69, 9.17) is 5.11 Å². The molecule has 1 N–H and O–H groups in total. The first kappa shape index (κ1) is 14.1. The van der Waals surface area contributed by atoms with Crippen LogP contribution < -0.4 is 0 Å². The summed E-state index contributed by atoms with van der Waals surface area (Å²) in [5.74, 6) is 0.122. The minimum Gasteiger partial charge on any atom is -0.396 e. The van der Waals surface area contributed by atoms with Crippen LogP contribution in [0.5, 0.6) is 0 Å². The summed E-state index contributed by atoms with van der Waals surface area (Å²) in [6, 6.07) is 4.22. The molecule has 106 valence electrons. The predicted octanol–water partition coefficient (Wildman–Crippen LogP) is 2.28. The largest absolute Gasteiger partial charge is 0.396 e. The van der Waals surface area contributed by atoms with E-state index in [2.05, 4.69) is 6.92 Å². The highest BCUT2D eigenvalue weighted by Crippen LogP contribution is 2.26. The van der Waals surface area contributed by atoms with Gasteiger partial charge in [0.25, 0.3) is 5.91 Å². The molecule has 4 nitrogen and oxygen atoms in total. The van der Waals surface area contributed by atoms with Crippen LogP contribution >= 0.6 is 0 Å². The summed E-state index contributed by atoms with van der Waals surface area (Å²) in [7, 11) is 0. The maximum atomic E-state index is 12.7. The number of aryl methyl sites for hydroxylation is 1. The number of hydrogen-bond acceptors (Lipinski definition) is 2. The van der Waals surface area contributed by atoms with Gasteiger partial charge in [-0.2, -0.15) is 0 Å². The Labute approximate surface area is 115 Å². The molecule has 1 aromatic rings. The summed E-state index contributed by atoms with van der Waals surface area (Å²) in [4.78, 5) is 14.6. The lowest BCUT2D eigenvalue weighted by molar-refractivity contribution is 0.0551. The van der Waals surface area contributed by atoms with E-state index in [0.717, 1.165) is 31.5 Å². The molecule has 1 amide bonds. The third-order valence-corrected chi connectivity index (χ3v) is 3.85. The lowest BCUT2D eigenvalue weighted by atomic mass is 9.91. The van der Waals surface area contributed by atoms with Crippen molar-refractivity contribution in [3.63, 3.8) is 0 Å². The first-order valence-electron chi connectivity index (χ1n) is 7.35. The van der Waals surface area contributed by atoms with Gasteiger partial charge in [-0.15, -0.1) is 0 Å². The number of carbonyl (C=O) groups excluding carboxylic acids is 1. The van der Waals surface area contributed by atoms with Crippen LogP contribution in [0, 0.1) is 0 Å². The molecule has 0 aromatic carbocycles. The van der Waals surface area contributed by atoms with Crippen molar-refractivity contribution in [3.8, 4) is 0 Å². The molecule has 1 fully saturated rings. The van der Waals surface area contributed by atoms with Gasteiger partial charge >= 0.3 is 0 Å². The molecule has 2 rings (SSSR count). The average Bonchev–Trinajstić information content (AvgIpc) is 2.80. The number of aliphatic hydroxyl groups is 1. The number of carbonyl (C=O) groups is 1. The van der Waals surface area contributed by atoms with Crippen molar-refractivity contribution in [2.24, 2.45) is 0 Å². The Kier molecular flexibility index (Phi) is 5.02. The van der Waals surface area contributed by atoms with Gasteiger partial charge < -0.3 is 14.6 Å². The van der Waals surface area contributed by atoms with Gasteiger partial charge in [0.1, 0.15) is 5.69 Å². The van der Waals surface area contributed by atoms with Gasteiger partial charge in [0.15, 0.2) is 0 Å². The Morgan fingerprint density at radius 2 is 2.32 bits per heavy atom. The second-order valence-electron chi connectivity index (χ2n) is 5.25. The molecule has 1 aliphatic carbocycles. The van der Waals surface area contributed by atoms with Crippen LogP contribution in [-0.2, 0) is 6.54 Å². The number of hydrogen-bond donors (Lipinski definition) is 1. The fraction of sp³-hybridized carbons (Fsp3) is 0.667. The number of rotatable bonds is 7. The molecule has 0 unspecified atom stereocenters. The van der Waals surface area contributed by atoms with Crippen LogP contribution in [-0.4, -0.2) is 39.7 Å². The molecule has 0 spiro atoms. The molecule has 1 aliphatic rings. The molecular formula is C15H24N2O2. The smallest absolute Gasteiger partial charge is 0.270 e. The molecule has 4 heteroatoms. The maximum Gasteiger partial charge on any atom is 0.270 e. The summed E-state index contributed by atoms with van der Waals surface area (Å²) < 4.78 is 2.03. The second-order valence-corrected chi connectivity index (χ2v) is 5.25. The fourth-order valence-electron chi connectivity index (χ4n) is 2.58. The fourth-order valence-corrected chi connectivity index (χ4v) is 2.58. The molecule has 1 heterocycles. The molecule has 0 radical (unpaired) electrons. The summed E-state index contributed by atoms with van der Waals surface area (Å²) in [5, 5.41) is 9.00. The summed E-state index contributed by atoms with van der Waals surface area (Å²) in [5.41, 5.74) is 0.784. The zero-order chi connectivity index (χ0) is 13.7. The van der Waals surface area contributed by atoms with Crippen molar-refractivity contribution in [1.82, 2.24) is 9.47 Å². The van der Waals surface area contributed by atoms with Crippen molar-refractivity contribution in [2.75, 3.05) is 13.2 Å². The van der Waals surface area contributed by atoms with Crippen LogP contribution in [0.2, 0.25) is 0 Å². The van der Waals surface area contributed by atoms with Gasteiger partial charge in [-0.25, -0.2) is 0 Å². The molecule has 1 aromatic heterocycles. The Balaban J connectivity index is 2.10. The first-order chi connectivity index (χ1) is 9.27. The second kappa shape index (κ2) is 6.75. The van der Waals surface area contributed by atoms with Crippen LogP contribution in [0.4, 0.5) is 0 Å². The van der Waals surface area contributed by atoms with Crippen LogP contribution in [0.15, 0.2) is 18.3 Å². The molecule has 0 saturated heterocycles. The van der Waals surface area contributed by atoms with Crippen LogP contribution in [0.25, 0.3) is 0 Å². The van der Waals surface area contributed by atoms with Crippen molar-refractivity contribution in [3.05, 3.63) is 24.0 Å². The van der Waals surface area contributed by atoms with Gasteiger partial charge in [0.05, 0.1) is 0 Å². The van der Waals surface area contributed by atoms with Crippen molar-refractivity contribution < 1.29 is 9.90 Å². The summed E-state index contributed by atoms with van der Waals surface area (Å²) >= 11 is 0. The Bertz CT molecular complexity index is 410. The molecule has 19 heavy (non-hydrogen) atoms. The standard InChI is InChI=1S/C15H24N2O2/c1-2-9-16-10-4-8-14(16)15(19)17(11-5-12-18)13-6-3-7-13/h4,8,10,13,18H,2-3,5-7,9,11-12H2,1H3. The van der Waals surface area contributed by atoms with E-state index in [1.807, 2.05) is 27.8 Å². The molecule has 0 atom stereocenters. The Morgan fingerprint density at radius 3 is 2.89 bits per heavy atom. The lowest BCUT2D eigenvalue weighted by Crippen LogP contribution is -2.45. The monoisotopic (exact) mass is 264 g/mol. The Hall–Kier alpha value is -1.29. The van der Waals surface area contributed by atoms with E-state index in [-0.39, 0.29) is 12.5 Å². The van der Waals surface area contributed by atoms with Crippen molar-refractivity contribution in [1.29, 1.82) is 0 Å². The topological polar surface area (TPSA) is 45.5 Å². The summed E-state index contributed by atoms with van der Waals surface area (Å²) in [6.07, 6.45) is 7.08. The average molecular weight is 264 g/mol.